The normalized spacial score (nSPS) is 21.0. The highest BCUT2D eigenvalue weighted by Gasteiger charge is 2.26. The summed E-state index contributed by atoms with van der Waals surface area (Å²) in [6.07, 6.45) is 9.02. The lowest BCUT2D eigenvalue weighted by molar-refractivity contribution is 0.0653. The standard InChI is InChI=1S/C18H23NO3/c1-3-12-22-17-10-6-15(7-11-17)18(21)19(2)16-8-4-14(13-20)5-9-16/h1,6-7,10-11,14,16,20H,4-5,8-9,12-13H2,2H3. The van der Waals surface area contributed by atoms with Crippen molar-refractivity contribution in [3.8, 4) is 18.1 Å². The lowest BCUT2D eigenvalue weighted by atomic mass is 9.86. The zero-order valence-corrected chi connectivity index (χ0v) is 13.0. The van der Waals surface area contributed by atoms with Gasteiger partial charge in [-0.2, -0.15) is 0 Å². The number of hydrogen-bond donors (Lipinski definition) is 1. The molecular formula is C18H23NO3. The van der Waals surface area contributed by atoms with Gasteiger partial charge in [-0.3, -0.25) is 4.79 Å². The Kier molecular flexibility index (Phi) is 5.85. The molecule has 0 bridgehead atoms. The molecule has 4 nitrogen and oxygen atoms in total. The maximum absolute atomic E-state index is 12.5. The van der Waals surface area contributed by atoms with Crippen LogP contribution in [0, 0.1) is 18.3 Å². The second-order valence-electron chi connectivity index (χ2n) is 5.79. The smallest absolute Gasteiger partial charge is 0.253 e. The lowest BCUT2D eigenvalue weighted by Crippen LogP contribution is -2.39. The van der Waals surface area contributed by atoms with Crippen LogP contribution in [0.1, 0.15) is 36.0 Å². The predicted molar refractivity (Wildman–Crippen MR) is 85.7 cm³/mol. The van der Waals surface area contributed by atoms with E-state index in [-0.39, 0.29) is 25.2 Å². The van der Waals surface area contributed by atoms with Gasteiger partial charge in [0.05, 0.1) is 0 Å². The molecule has 1 aromatic rings. The molecule has 1 aliphatic rings. The molecule has 0 aromatic heterocycles. The van der Waals surface area contributed by atoms with E-state index in [2.05, 4.69) is 5.92 Å². The molecule has 1 amide bonds. The number of amides is 1. The molecule has 1 aromatic carbocycles. The third kappa shape index (κ3) is 4.02. The quantitative estimate of drug-likeness (QED) is 0.849. The van der Waals surface area contributed by atoms with E-state index in [0.29, 0.717) is 17.2 Å². The van der Waals surface area contributed by atoms with Crippen LogP contribution in [0.5, 0.6) is 5.75 Å². The molecule has 0 saturated heterocycles. The maximum atomic E-state index is 12.5. The van der Waals surface area contributed by atoms with Crippen molar-refractivity contribution in [2.24, 2.45) is 5.92 Å². The highest BCUT2D eigenvalue weighted by molar-refractivity contribution is 5.94. The fourth-order valence-corrected chi connectivity index (χ4v) is 2.90. The van der Waals surface area contributed by atoms with Crippen LogP contribution in [-0.4, -0.2) is 42.2 Å². The Balaban J connectivity index is 1.94. The summed E-state index contributed by atoms with van der Waals surface area (Å²) < 4.78 is 5.31. The molecule has 0 aliphatic heterocycles. The third-order valence-electron chi connectivity index (χ3n) is 4.37. The van der Waals surface area contributed by atoms with Crippen molar-refractivity contribution in [2.75, 3.05) is 20.3 Å². The second kappa shape index (κ2) is 7.86. The van der Waals surface area contributed by atoms with Gasteiger partial charge in [-0.25, -0.2) is 0 Å². The summed E-state index contributed by atoms with van der Waals surface area (Å²) in [6.45, 7) is 0.477. The van der Waals surface area contributed by atoms with Crippen LogP contribution in [0.25, 0.3) is 0 Å². The Morgan fingerprint density at radius 3 is 2.50 bits per heavy atom. The predicted octanol–water partition coefficient (Wildman–Crippen LogP) is 2.32. The Bertz CT molecular complexity index is 524. The van der Waals surface area contributed by atoms with Crippen molar-refractivity contribution in [3.05, 3.63) is 29.8 Å². The number of terminal acetylenes is 1. The SMILES string of the molecule is C#CCOc1ccc(C(=O)N(C)C2CCC(CO)CC2)cc1. The number of benzene rings is 1. The van der Waals surface area contributed by atoms with Crippen molar-refractivity contribution in [3.63, 3.8) is 0 Å². The summed E-state index contributed by atoms with van der Waals surface area (Å²) in [6, 6.07) is 7.32. The molecule has 118 valence electrons. The Labute approximate surface area is 132 Å². The number of rotatable bonds is 5. The van der Waals surface area contributed by atoms with Gasteiger partial charge in [0.2, 0.25) is 0 Å². The number of nitrogens with zero attached hydrogens (tertiary/aromatic N) is 1. The van der Waals surface area contributed by atoms with Crippen molar-refractivity contribution >= 4 is 5.91 Å². The highest BCUT2D eigenvalue weighted by Crippen LogP contribution is 2.27. The number of carbonyl (C=O) groups is 1. The summed E-state index contributed by atoms with van der Waals surface area (Å²) in [7, 11) is 1.86. The number of ether oxygens (including phenoxy) is 1. The minimum atomic E-state index is 0.0240. The molecule has 2 rings (SSSR count). The van der Waals surface area contributed by atoms with Crippen LogP contribution in [0.2, 0.25) is 0 Å². The van der Waals surface area contributed by atoms with E-state index in [0.717, 1.165) is 25.7 Å². The Hall–Kier alpha value is -1.99. The molecule has 0 spiro atoms. The summed E-state index contributed by atoms with van der Waals surface area (Å²) in [4.78, 5) is 14.3. The zero-order valence-electron chi connectivity index (χ0n) is 13.0. The van der Waals surface area contributed by atoms with Gasteiger partial charge in [0.1, 0.15) is 12.4 Å². The number of aliphatic hydroxyl groups excluding tert-OH is 1. The monoisotopic (exact) mass is 301 g/mol. The number of carbonyl (C=O) groups excluding carboxylic acids is 1. The van der Waals surface area contributed by atoms with Crippen molar-refractivity contribution in [1.29, 1.82) is 0 Å². The van der Waals surface area contributed by atoms with E-state index < -0.39 is 0 Å². The molecule has 1 aliphatic carbocycles. The molecule has 1 fully saturated rings. The fourth-order valence-electron chi connectivity index (χ4n) is 2.90. The van der Waals surface area contributed by atoms with Crippen molar-refractivity contribution < 1.29 is 14.6 Å². The lowest BCUT2D eigenvalue weighted by Gasteiger charge is -2.34. The average Bonchev–Trinajstić information content (AvgIpc) is 2.59. The van der Waals surface area contributed by atoms with Gasteiger partial charge in [-0.05, 0) is 55.9 Å². The highest BCUT2D eigenvalue weighted by atomic mass is 16.5. The van der Waals surface area contributed by atoms with Gasteiger partial charge >= 0.3 is 0 Å². The molecule has 0 unspecified atom stereocenters. The van der Waals surface area contributed by atoms with Crippen LogP contribution >= 0.6 is 0 Å². The Morgan fingerprint density at radius 1 is 1.32 bits per heavy atom. The van der Waals surface area contributed by atoms with Crippen LogP contribution in [0.15, 0.2) is 24.3 Å². The molecule has 0 radical (unpaired) electrons. The van der Waals surface area contributed by atoms with Crippen LogP contribution in [-0.2, 0) is 0 Å². The molecule has 1 N–H and O–H groups in total. The van der Waals surface area contributed by atoms with E-state index in [9.17, 15) is 9.90 Å². The minimum Gasteiger partial charge on any atom is -0.481 e. The van der Waals surface area contributed by atoms with Gasteiger partial charge in [-0.15, -0.1) is 6.42 Å². The van der Waals surface area contributed by atoms with E-state index in [1.807, 2.05) is 11.9 Å². The topological polar surface area (TPSA) is 49.8 Å². The Morgan fingerprint density at radius 2 is 1.95 bits per heavy atom. The van der Waals surface area contributed by atoms with Gasteiger partial charge in [0.15, 0.2) is 0 Å². The van der Waals surface area contributed by atoms with Crippen LogP contribution < -0.4 is 4.74 Å². The summed E-state index contributed by atoms with van der Waals surface area (Å²) in [5, 5.41) is 9.19. The second-order valence-corrected chi connectivity index (χ2v) is 5.79. The summed E-state index contributed by atoms with van der Waals surface area (Å²) in [5.74, 6) is 3.49. The number of hydrogen-bond acceptors (Lipinski definition) is 3. The van der Waals surface area contributed by atoms with Gasteiger partial charge in [-0.1, -0.05) is 5.92 Å². The first kappa shape index (κ1) is 16.4. The number of aliphatic hydroxyl groups is 1. The molecule has 1 saturated carbocycles. The van der Waals surface area contributed by atoms with E-state index in [4.69, 9.17) is 11.2 Å². The van der Waals surface area contributed by atoms with Crippen molar-refractivity contribution in [1.82, 2.24) is 4.90 Å². The van der Waals surface area contributed by atoms with Gasteiger partial charge in [0.25, 0.3) is 5.91 Å². The largest absolute Gasteiger partial charge is 0.481 e. The van der Waals surface area contributed by atoms with E-state index in [1.54, 1.807) is 24.3 Å². The first-order valence-corrected chi connectivity index (χ1v) is 7.70. The first-order chi connectivity index (χ1) is 10.7. The molecule has 0 heterocycles. The molecule has 0 atom stereocenters. The van der Waals surface area contributed by atoms with E-state index in [1.165, 1.54) is 0 Å². The molecule has 22 heavy (non-hydrogen) atoms. The third-order valence-corrected chi connectivity index (χ3v) is 4.37. The average molecular weight is 301 g/mol. The van der Waals surface area contributed by atoms with Gasteiger partial charge in [0, 0.05) is 25.3 Å². The van der Waals surface area contributed by atoms with Crippen LogP contribution in [0.3, 0.4) is 0 Å². The first-order valence-electron chi connectivity index (χ1n) is 7.70. The molecular weight excluding hydrogens is 278 g/mol. The summed E-state index contributed by atoms with van der Waals surface area (Å²) in [5.41, 5.74) is 0.653. The van der Waals surface area contributed by atoms with E-state index >= 15 is 0 Å². The maximum Gasteiger partial charge on any atom is 0.253 e. The summed E-state index contributed by atoms with van der Waals surface area (Å²) >= 11 is 0. The van der Waals surface area contributed by atoms with Crippen molar-refractivity contribution in [2.45, 2.75) is 31.7 Å². The van der Waals surface area contributed by atoms with Gasteiger partial charge < -0.3 is 14.7 Å². The minimum absolute atomic E-state index is 0.0240. The van der Waals surface area contributed by atoms with Crippen LogP contribution in [0.4, 0.5) is 0 Å². The zero-order chi connectivity index (χ0) is 15.9. The fraction of sp³-hybridized carbons (Fsp3) is 0.500. The molecule has 4 heteroatoms.